The summed E-state index contributed by atoms with van der Waals surface area (Å²) < 4.78 is 53.4. The number of aromatic nitrogens is 2. The maximum Gasteiger partial charge on any atom is 0.267 e. The van der Waals surface area contributed by atoms with Crippen LogP contribution in [-0.2, 0) is 10.0 Å². The number of nitrogens with zero attached hydrogens (tertiary/aromatic N) is 2. The standard InChI is InChI=1S/C11H7F2N3O3S2/c12-8-4-7(2-1-3-17)10(9(13)5-8)21(18,19)16-11-15-14-6-20-11/h4-6,17H,3H2,(H,15,16). The molecule has 0 fully saturated rings. The van der Waals surface area contributed by atoms with Crippen LogP contribution in [0.15, 0.2) is 22.5 Å². The van der Waals surface area contributed by atoms with Gasteiger partial charge in [-0.3, -0.25) is 4.72 Å². The number of nitrogens with one attached hydrogen (secondary N) is 1. The van der Waals surface area contributed by atoms with Crippen molar-refractivity contribution in [3.63, 3.8) is 0 Å². The summed E-state index contributed by atoms with van der Waals surface area (Å²) in [4.78, 5) is -0.819. The van der Waals surface area contributed by atoms with E-state index >= 15 is 0 Å². The molecule has 1 heterocycles. The van der Waals surface area contributed by atoms with Crippen LogP contribution in [0.3, 0.4) is 0 Å². The molecule has 2 rings (SSSR count). The minimum atomic E-state index is -4.36. The lowest BCUT2D eigenvalue weighted by atomic mass is 10.2. The van der Waals surface area contributed by atoms with E-state index in [2.05, 4.69) is 22.0 Å². The van der Waals surface area contributed by atoms with E-state index in [0.717, 1.165) is 17.4 Å². The van der Waals surface area contributed by atoms with Crippen LogP contribution in [0.1, 0.15) is 5.56 Å². The predicted octanol–water partition coefficient (Wildman–Crippen LogP) is 0.961. The minimum Gasteiger partial charge on any atom is -0.384 e. The molecule has 1 aromatic carbocycles. The van der Waals surface area contributed by atoms with Crippen molar-refractivity contribution in [2.75, 3.05) is 11.3 Å². The van der Waals surface area contributed by atoms with Crippen LogP contribution in [0.5, 0.6) is 0 Å². The Balaban J connectivity index is 2.56. The van der Waals surface area contributed by atoms with Crippen LogP contribution in [0, 0.1) is 23.5 Å². The second-order valence-corrected chi connectivity index (χ2v) is 6.03. The van der Waals surface area contributed by atoms with Crippen molar-refractivity contribution >= 4 is 26.5 Å². The average Bonchev–Trinajstić information content (AvgIpc) is 2.86. The van der Waals surface area contributed by atoms with Gasteiger partial charge in [0.15, 0.2) is 0 Å². The Morgan fingerprint density at radius 1 is 1.38 bits per heavy atom. The molecule has 2 aromatic rings. The summed E-state index contributed by atoms with van der Waals surface area (Å²) >= 11 is 0.892. The molecule has 0 aliphatic rings. The third kappa shape index (κ3) is 3.52. The summed E-state index contributed by atoms with van der Waals surface area (Å²) in [6, 6.07) is 1.19. The topological polar surface area (TPSA) is 92.2 Å². The predicted molar refractivity (Wildman–Crippen MR) is 71.0 cm³/mol. The normalized spacial score (nSPS) is 10.8. The zero-order chi connectivity index (χ0) is 15.5. The van der Waals surface area contributed by atoms with Gasteiger partial charge in [0, 0.05) is 6.07 Å². The molecular weight excluding hydrogens is 324 g/mol. The second kappa shape index (κ2) is 6.13. The number of anilines is 1. The van der Waals surface area contributed by atoms with Gasteiger partial charge in [-0.05, 0) is 6.07 Å². The van der Waals surface area contributed by atoms with E-state index in [4.69, 9.17) is 5.11 Å². The van der Waals surface area contributed by atoms with Gasteiger partial charge in [-0.25, -0.2) is 17.2 Å². The third-order valence-electron chi connectivity index (χ3n) is 2.16. The maximum absolute atomic E-state index is 13.8. The highest BCUT2D eigenvalue weighted by Crippen LogP contribution is 2.24. The summed E-state index contributed by atoms with van der Waals surface area (Å²) in [6.07, 6.45) is 0. The quantitative estimate of drug-likeness (QED) is 0.818. The molecule has 1 aromatic heterocycles. The van der Waals surface area contributed by atoms with E-state index in [1.807, 2.05) is 4.72 Å². The molecule has 21 heavy (non-hydrogen) atoms. The van der Waals surface area contributed by atoms with E-state index in [0.29, 0.717) is 6.07 Å². The van der Waals surface area contributed by atoms with Crippen molar-refractivity contribution in [3.8, 4) is 11.8 Å². The minimum absolute atomic E-state index is 0.0696. The molecule has 0 aliphatic heterocycles. The number of rotatable bonds is 3. The highest BCUT2D eigenvalue weighted by molar-refractivity contribution is 7.93. The van der Waals surface area contributed by atoms with E-state index in [1.54, 1.807) is 0 Å². The fraction of sp³-hybridized carbons (Fsp3) is 0.0909. The van der Waals surface area contributed by atoms with Crippen LogP contribution in [0.4, 0.5) is 13.9 Å². The van der Waals surface area contributed by atoms with Gasteiger partial charge in [-0.2, -0.15) is 0 Å². The second-order valence-electron chi connectivity index (χ2n) is 3.57. The lowest BCUT2D eigenvalue weighted by Crippen LogP contribution is -2.16. The molecule has 10 heteroatoms. The monoisotopic (exact) mass is 331 g/mol. The van der Waals surface area contributed by atoms with Gasteiger partial charge in [-0.1, -0.05) is 23.2 Å². The van der Waals surface area contributed by atoms with Crippen LogP contribution >= 0.6 is 11.3 Å². The van der Waals surface area contributed by atoms with Gasteiger partial charge in [0.1, 0.15) is 28.6 Å². The molecule has 0 spiro atoms. The van der Waals surface area contributed by atoms with Gasteiger partial charge in [0.05, 0.1) is 5.56 Å². The molecule has 6 nitrogen and oxygen atoms in total. The van der Waals surface area contributed by atoms with Crippen LogP contribution < -0.4 is 4.72 Å². The molecule has 0 unspecified atom stereocenters. The first-order chi connectivity index (χ1) is 9.94. The molecule has 0 atom stereocenters. The smallest absolute Gasteiger partial charge is 0.267 e. The molecule has 0 saturated heterocycles. The van der Waals surface area contributed by atoms with Crippen LogP contribution in [0.2, 0.25) is 0 Å². The van der Waals surface area contributed by atoms with Crippen LogP contribution in [0.25, 0.3) is 0 Å². The first-order valence-corrected chi connectivity index (χ1v) is 7.68. The highest BCUT2D eigenvalue weighted by atomic mass is 32.2. The third-order valence-corrected chi connectivity index (χ3v) is 4.31. The molecule has 0 saturated carbocycles. The first-order valence-electron chi connectivity index (χ1n) is 5.32. The van der Waals surface area contributed by atoms with E-state index in [1.165, 1.54) is 5.51 Å². The lowest BCUT2D eigenvalue weighted by molar-refractivity contribution is 0.350. The van der Waals surface area contributed by atoms with Gasteiger partial charge in [-0.15, -0.1) is 10.2 Å². The molecule has 0 radical (unpaired) electrons. The lowest BCUT2D eigenvalue weighted by Gasteiger charge is -2.08. The Morgan fingerprint density at radius 3 is 2.76 bits per heavy atom. The van der Waals surface area contributed by atoms with Crippen molar-refractivity contribution < 1.29 is 22.3 Å². The van der Waals surface area contributed by atoms with Crippen molar-refractivity contribution in [2.24, 2.45) is 0 Å². The Kier molecular flexibility index (Phi) is 4.46. The zero-order valence-electron chi connectivity index (χ0n) is 10.2. The fourth-order valence-electron chi connectivity index (χ4n) is 1.44. The maximum atomic E-state index is 13.8. The molecule has 2 N–H and O–H groups in total. The summed E-state index contributed by atoms with van der Waals surface area (Å²) in [5, 5.41) is 15.5. The number of aliphatic hydroxyl groups excluding tert-OH is 1. The highest BCUT2D eigenvalue weighted by Gasteiger charge is 2.25. The number of hydrogen-bond acceptors (Lipinski definition) is 6. The van der Waals surface area contributed by atoms with Gasteiger partial charge in [0.25, 0.3) is 10.0 Å². The Morgan fingerprint density at radius 2 is 2.14 bits per heavy atom. The number of aliphatic hydroxyl groups is 1. The number of hydrogen-bond donors (Lipinski definition) is 2. The van der Waals surface area contributed by atoms with Gasteiger partial charge < -0.3 is 5.11 Å². The van der Waals surface area contributed by atoms with Crippen LogP contribution in [-0.4, -0.2) is 30.3 Å². The van der Waals surface area contributed by atoms with E-state index in [-0.39, 0.29) is 5.13 Å². The fourth-order valence-corrected chi connectivity index (χ4v) is 3.34. The van der Waals surface area contributed by atoms with Gasteiger partial charge in [0.2, 0.25) is 5.13 Å². The average molecular weight is 331 g/mol. The molecular formula is C11H7F2N3O3S2. The van der Waals surface area contributed by atoms with Crippen molar-refractivity contribution in [1.82, 2.24) is 10.2 Å². The Hall–Kier alpha value is -2.09. The van der Waals surface area contributed by atoms with Gasteiger partial charge >= 0.3 is 0 Å². The number of benzene rings is 1. The van der Waals surface area contributed by atoms with Crippen molar-refractivity contribution in [1.29, 1.82) is 0 Å². The first kappa shape index (κ1) is 15.3. The number of halogens is 2. The molecule has 110 valence electrons. The molecule has 0 amide bonds. The Labute approximate surface area is 122 Å². The number of sulfonamides is 1. The summed E-state index contributed by atoms with van der Waals surface area (Å²) in [5.41, 5.74) is 0.879. The molecule has 0 aliphatic carbocycles. The van der Waals surface area contributed by atoms with E-state index in [9.17, 15) is 17.2 Å². The zero-order valence-corrected chi connectivity index (χ0v) is 11.8. The van der Waals surface area contributed by atoms with Crippen molar-refractivity contribution in [3.05, 3.63) is 34.8 Å². The largest absolute Gasteiger partial charge is 0.384 e. The summed E-state index contributed by atoms with van der Waals surface area (Å²) in [6.45, 7) is -0.582. The summed E-state index contributed by atoms with van der Waals surface area (Å²) in [5.74, 6) is 2.06. The molecule has 0 bridgehead atoms. The summed E-state index contributed by atoms with van der Waals surface area (Å²) in [7, 11) is -4.36. The SMILES string of the molecule is O=S(=O)(Nc1nncs1)c1c(F)cc(F)cc1C#CCO. The van der Waals surface area contributed by atoms with Crippen molar-refractivity contribution in [2.45, 2.75) is 4.90 Å². The Bertz CT molecular complexity index is 811. The van der Waals surface area contributed by atoms with E-state index < -0.39 is 38.7 Å².